The molecule has 2 heterocycles. The number of anilines is 1. The molecule has 2 aromatic heterocycles. The van der Waals surface area contributed by atoms with E-state index in [9.17, 15) is 0 Å². The number of nitrogens with two attached hydrogens (primary N) is 1. The van der Waals surface area contributed by atoms with E-state index in [1.165, 1.54) is 0 Å². The predicted octanol–water partition coefficient (Wildman–Crippen LogP) is 3.73. The first-order chi connectivity index (χ1) is 9.22. The minimum absolute atomic E-state index is 0.100. The largest absolute Gasteiger partial charge is 0.369 e. The Hall–Kier alpha value is -1.59. The summed E-state index contributed by atoms with van der Waals surface area (Å²) >= 11 is 7.80. The van der Waals surface area contributed by atoms with Gasteiger partial charge < -0.3 is 10.3 Å². The van der Waals surface area contributed by atoms with Crippen molar-refractivity contribution in [1.29, 1.82) is 0 Å². The van der Waals surface area contributed by atoms with E-state index in [1.807, 2.05) is 34.3 Å². The average molecular weight is 293 g/mol. The number of para-hydroxylation sites is 1. The van der Waals surface area contributed by atoms with Gasteiger partial charge in [-0.25, -0.2) is 9.97 Å². The van der Waals surface area contributed by atoms with Crippen molar-refractivity contribution in [3.63, 3.8) is 0 Å². The summed E-state index contributed by atoms with van der Waals surface area (Å²) in [6.07, 6.45) is 2.71. The van der Waals surface area contributed by atoms with Crippen molar-refractivity contribution >= 4 is 39.9 Å². The number of imidazole rings is 1. The molecule has 98 valence electrons. The molecular weight excluding hydrogens is 280 g/mol. The Kier molecular flexibility index (Phi) is 3.16. The van der Waals surface area contributed by atoms with Gasteiger partial charge in [-0.2, -0.15) is 0 Å². The van der Waals surface area contributed by atoms with Crippen molar-refractivity contribution in [2.45, 2.75) is 19.4 Å². The standard InChI is InChI=1S/C13H13ClN4S/c1-2-9(12-16-6-7-19-12)18-10-5-3-4-8(14)11(10)17-13(18)15/h3-7,9H,2H2,1H3,(H2,15,17). The molecule has 3 rings (SSSR count). The summed E-state index contributed by atoms with van der Waals surface area (Å²) in [5.41, 5.74) is 7.77. The molecule has 0 aliphatic heterocycles. The molecule has 1 atom stereocenters. The van der Waals surface area contributed by atoms with Crippen LogP contribution in [0.1, 0.15) is 24.4 Å². The van der Waals surface area contributed by atoms with Crippen molar-refractivity contribution in [3.8, 4) is 0 Å². The van der Waals surface area contributed by atoms with Gasteiger partial charge in [-0.1, -0.05) is 24.6 Å². The van der Waals surface area contributed by atoms with Gasteiger partial charge in [0.25, 0.3) is 0 Å². The van der Waals surface area contributed by atoms with Crippen molar-refractivity contribution in [3.05, 3.63) is 39.8 Å². The van der Waals surface area contributed by atoms with Crippen LogP contribution >= 0.6 is 22.9 Å². The second-order valence-corrected chi connectivity index (χ2v) is 5.58. The first-order valence-corrected chi connectivity index (χ1v) is 7.29. The third kappa shape index (κ3) is 1.99. The maximum atomic E-state index is 6.17. The van der Waals surface area contributed by atoms with Crippen LogP contribution in [0.25, 0.3) is 11.0 Å². The molecule has 0 aliphatic rings. The number of nitrogen functional groups attached to an aromatic ring is 1. The van der Waals surface area contributed by atoms with Crippen LogP contribution < -0.4 is 5.73 Å². The molecule has 1 unspecified atom stereocenters. The lowest BCUT2D eigenvalue weighted by atomic mass is 10.2. The molecule has 6 heteroatoms. The fraction of sp³-hybridized carbons (Fsp3) is 0.231. The number of aromatic nitrogens is 3. The van der Waals surface area contributed by atoms with Gasteiger partial charge in [0.1, 0.15) is 10.5 Å². The second kappa shape index (κ2) is 4.83. The van der Waals surface area contributed by atoms with E-state index in [0.29, 0.717) is 11.0 Å². The fourth-order valence-corrected chi connectivity index (χ4v) is 3.32. The third-order valence-electron chi connectivity index (χ3n) is 3.13. The SMILES string of the molecule is CCC(c1nccs1)n1c(N)nc2c(Cl)cccc21. The molecule has 0 radical (unpaired) electrons. The van der Waals surface area contributed by atoms with Crippen molar-refractivity contribution in [1.82, 2.24) is 14.5 Å². The van der Waals surface area contributed by atoms with Crippen LogP contribution in [0, 0.1) is 0 Å². The van der Waals surface area contributed by atoms with Crippen LogP contribution in [0.15, 0.2) is 29.8 Å². The zero-order chi connectivity index (χ0) is 13.4. The minimum atomic E-state index is 0.100. The smallest absolute Gasteiger partial charge is 0.201 e. The Balaban J connectivity index is 2.24. The van der Waals surface area contributed by atoms with Crippen LogP contribution in [0.4, 0.5) is 5.95 Å². The maximum Gasteiger partial charge on any atom is 0.201 e. The molecule has 0 saturated carbocycles. The Morgan fingerprint density at radius 1 is 1.47 bits per heavy atom. The third-order valence-corrected chi connectivity index (χ3v) is 4.31. The van der Waals surface area contributed by atoms with E-state index in [2.05, 4.69) is 16.9 Å². The Morgan fingerprint density at radius 2 is 2.32 bits per heavy atom. The summed E-state index contributed by atoms with van der Waals surface area (Å²) in [5.74, 6) is 0.477. The monoisotopic (exact) mass is 292 g/mol. The molecule has 1 aromatic carbocycles. The number of halogens is 1. The number of thiazole rings is 1. The van der Waals surface area contributed by atoms with Gasteiger partial charge in [0.15, 0.2) is 0 Å². The lowest BCUT2D eigenvalue weighted by molar-refractivity contribution is 0.585. The summed E-state index contributed by atoms with van der Waals surface area (Å²) in [5, 5.41) is 3.63. The second-order valence-electron chi connectivity index (χ2n) is 4.24. The predicted molar refractivity (Wildman–Crippen MR) is 79.7 cm³/mol. The highest BCUT2D eigenvalue weighted by molar-refractivity contribution is 7.09. The lowest BCUT2D eigenvalue weighted by Crippen LogP contribution is -2.12. The quantitative estimate of drug-likeness (QED) is 0.800. The van der Waals surface area contributed by atoms with Gasteiger partial charge in [-0.3, -0.25) is 0 Å². The summed E-state index contributed by atoms with van der Waals surface area (Å²) in [7, 11) is 0. The Bertz CT molecular complexity index is 705. The van der Waals surface area contributed by atoms with Crippen molar-refractivity contribution in [2.24, 2.45) is 0 Å². The van der Waals surface area contributed by atoms with E-state index in [1.54, 1.807) is 11.3 Å². The summed E-state index contributed by atoms with van der Waals surface area (Å²) in [4.78, 5) is 8.77. The Labute approximate surface area is 119 Å². The normalized spacial score (nSPS) is 12.9. The fourth-order valence-electron chi connectivity index (χ4n) is 2.30. The maximum absolute atomic E-state index is 6.17. The highest BCUT2D eigenvalue weighted by Crippen LogP contribution is 2.33. The van der Waals surface area contributed by atoms with Crippen LogP contribution in [-0.2, 0) is 0 Å². The zero-order valence-corrected chi connectivity index (χ0v) is 11.9. The molecule has 0 fully saturated rings. The highest BCUT2D eigenvalue weighted by atomic mass is 35.5. The van der Waals surface area contributed by atoms with E-state index >= 15 is 0 Å². The van der Waals surface area contributed by atoms with Gasteiger partial charge >= 0.3 is 0 Å². The van der Waals surface area contributed by atoms with Crippen molar-refractivity contribution in [2.75, 3.05) is 5.73 Å². The minimum Gasteiger partial charge on any atom is -0.369 e. The first kappa shape index (κ1) is 12.4. The molecule has 0 amide bonds. The lowest BCUT2D eigenvalue weighted by Gasteiger charge is -2.16. The van der Waals surface area contributed by atoms with E-state index in [4.69, 9.17) is 17.3 Å². The Morgan fingerprint density at radius 3 is 3.00 bits per heavy atom. The van der Waals surface area contributed by atoms with E-state index < -0.39 is 0 Å². The van der Waals surface area contributed by atoms with Gasteiger partial charge in [-0.05, 0) is 18.6 Å². The zero-order valence-electron chi connectivity index (χ0n) is 10.4. The molecule has 0 bridgehead atoms. The molecule has 0 saturated heterocycles. The van der Waals surface area contributed by atoms with Gasteiger partial charge in [0.05, 0.1) is 16.6 Å². The van der Waals surface area contributed by atoms with Gasteiger partial charge in [0, 0.05) is 11.6 Å². The molecule has 4 nitrogen and oxygen atoms in total. The number of hydrogen-bond donors (Lipinski definition) is 1. The van der Waals surface area contributed by atoms with Crippen molar-refractivity contribution < 1.29 is 0 Å². The molecule has 3 aromatic rings. The van der Waals surface area contributed by atoms with Crippen LogP contribution in [0.5, 0.6) is 0 Å². The number of benzene rings is 1. The highest BCUT2D eigenvalue weighted by Gasteiger charge is 2.20. The molecule has 19 heavy (non-hydrogen) atoms. The van der Waals surface area contributed by atoms with E-state index in [0.717, 1.165) is 22.5 Å². The number of fused-ring (bicyclic) bond motifs is 1. The van der Waals surface area contributed by atoms with E-state index in [-0.39, 0.29) is 6.04 Å². The number of hydrogen-bond acceptors (Lipinski definition) is 4. The molecule has 0 aliphatic carbocycles. The molecule has 0 spiro atoms. The number of rotatable bonds is 3. The van der Waals surface area contributed by atoms with Crippen LogP contribution in [-0.4, -0.2) is 14.5 Å². The van der Waals surface area contributed by atoms with Crippen LogP contribution in [0.3, 0.4) is 0 Å². The summed E-state index contributed by atoms with van der Waals surface area (Å²) in [6, 6.07) is 5.83. The first-order valence-electron chi connectivity index (χ1n) is 6.03. The molecule has 2 N–H and O–H groups in total. The topological polar surface area (TPSA) is 56.7 Å². The number of nitrogens with zero attached hydrogens (tertiary/aromatic N) is 3. The van der Waals surface area contributed by atoms with Gasteiger partial charge in [-0.15, -0.1) is 11.3 Å². The summed E-state index contributed by atoms with van der Waals surface area (Å²) < 4.78 is 2.01. The van der Waals surface area contributed by atoms with Gasteiger partial charge in [0.2, 0.25) is 5.95 Å². The average Bonchev–Trinajstić information content (AvgIpc) is 3.01. The molecular formula is C13H13ClN4S. The summed E-state index contributed by atoms with van der Waals surface area (Å²) in [6.45, 7) is 2.11. The van der Waals surface area contributed by atoms with Crippen LogP contribution in [0.2, 0.25) is 5.02 Å².